The average Bonchev–Trinajstić information content (AvgIpc) is 2.25. The maximum Gasteiger partial charge on any atom is 0.573 e. The fourth-order valence-electron chi connectivity index (χ4n) is 1.30. The summed E-state index contributed by atoms with van der Waals surface area (Å²) in [5.41, 5.74) is 5.82. The topological polar surface area (TPSA) is 64.4 Å². The van der Waals surface area contributed by atoms with Crippen molar-refractivity contribution in [1.82, 2.24) is 0 Å². The lowest BCUT2D eigenvalue weighted by atomic mass is 10.0. The van der Waals surface area contributed by atoms with Gasteiger partial charge in [-0.3, -0.25) is 4.79 Å². The van der Waals surface area contributed by atoms with E-state index in [0.29, 0.717) is 0 Å². The van der Waals surface area contributed by atoms with Crippen molar-refractivity contribution < 1.29 is 22.7 Å². The molecule has 0 radical (unpaired) electrons. The van der Waals surface area contributed by atoms with E-state index in [0.717, 1.165) is 12.1 Å². The standard InChI is InChI=1S/C12H15F3N2O2.ClH/c1-7(2)10(16)11(18)17-8-4-3-5-9(6-8)19-12(13,14)15;/h3-7,10H,16H2,1-2H3,(H,17,18);1H/t10-;/m1./s1. The van der Waals surface area contributed by atoms with Crippen LogP contribution in [0.1, 0.15) is 13.8 Å². The van der Waals surface area contributed by atoms with Crippen LogP contribution in [0.2, 0.25) is 0 Å². The van der Waals surface area contributed by atoms with Crippen molar-refractivity contribution in [3.8, 4) is 5.75 Å². The normalized spacial score (nSPS) is 12.6. The Morgan fingerprint density at radius 2 is 1.95 bits per heavy atom. The van der Waals surface area contributed by atoms with Gasteiger partial charge in [0.1, 0.15) is 5.75 Å². The van der Waals surface area contributed by atoms with Crippen LogP contribution >= 0.6 is 12.4 Å². The van der Waals surface area contributed by atoms with E-state index in [1.54, 1.807) is 13.8 Å². The third kappa shape index (κ3) is 6.12. The fraction of sp³-hybridized carbons (Fsp3) is 0.417. The third-order valence-corrected chi connectivity index (χ3v) is 2.36. The predicted molar refractivity (Wildman–Crippen MR) is 71.8 cm³/mol. The van der Waals surface area contributed by atoms with E-state index in [9.17, 15) is 18.0 Å². The summed E-state index contributed by atoms with van der Waals surface area (Å²) in [6, 6.07) is 4.29. The number of halogens is 4. The molecular weight excluding hydrogens is 297 g/mol. The van der Waals surface area contributed by atoms with Gasteiger partial charge in [0, 0.05) is 11.8 Å². The van der Waals surface area contributed by atoms with Gasteiger partial charge < -0.3 is 15.8 Å². The molecule has 0 bridgehead atoms. The number of nitrogens with one attached hydrogen (secondary N) is 1. The zero-order valence-electron chi connectivity index (χ0n) is 10.9. The maximum atomic E-state index is 12.0. The first-order valence-corrected chi connectivity index (χ1v) is 5.61. The van der Waals surface area contributed by atoms with Crippen LogP contribution in [0.3, 0.4) is 0 Å². The van der Waals surface area contributed by atoms with Gasteiger partial charge in [-0.15, -0.1) is 25.6 Å². The molecule has 3 N–H and O–H groups in total. The minimum absolute atomic E-state index is 0. The molecule has 4 nitrogen and oxygen atoms in total. The smallest absolute Gasteiger partial charge is 0.406 e. The number of alkyl halides is 3. The first-order chi connectivity index (χ1) is 8.69. The van der Waals surface area contributed by atoms with E-state index < -0.39 is 24.1 Å². The Kier molecular flexibility index (Phi) is 6.81. The zero-order valence-corrected chi connectivity index (χ0v) is 11.7. The summed E-state index contributed by atoms with van der Waals surface area (Å²) < 4.78 is 39.9. The summed E-state index contributed by atoms with van der Waals surface area (Å²) in [6.07, 6.45) is -4.77. The van der Waals surface area contributed by atoms with Gasteiger partial charge in [-0.1, -0.05) is 19.9 Å². The number of ether oxygens (including phenoxy) is 1. The Hall–Kier alpha value is -1.47. The van der Waals surface area contributed by atoms with Gasteiger partial charge >= 0.3 is 6.36 Å². The Balaban J connectivity index is 0.00000361. The molecule has 0 saturated heterocycles. The second-order valence-corrected chi connectivity index (χ2v) is 4.33. The van der Waals surface area contributed by atoms with Gasteiger partial charge in [0.2, 0.25) is 5.91 Å². The lowest BCUT2D eigenvalue weighted by Gasteiger charge is -2.16. The molecule has 0 aliphatic rings. The van der Waals surface area contributed by atoms with Crippen LogP contribution in [-0.2, 0) is 4.79 Å². The molecule has 0 aliphatic heterocycles. The average molecular weight is 313 g/mol. The second kappa shape index (κ2) is 7.35. The van der Waals surface area contributed by atoms with Crippen LogP contribution in [0.4, 0.5) is 18.9 Å². The van der Waals surface area contributed by atoms with Gasteiger partial charge in [-0.05, 0) is 18.1 Å². The highest BCUT2D eigenvalue weighted by Crippen LogP contribution is 2.25. The van der Waals surface area contributed by atoms with Crippen LogP contribution in [0.5, 0.6) is 5.75 Å². The van der Waals surface area contributed by atoms with Crippen molar-refractivity contribution in [3.05, 3.63) is 24.3 Å². The van der Waals surface area contributed by atoms with E-state index in [-0.39, 0.29) is 24.0 Å². The molecule has 0 aromatic heterocycles. The summed E-state index contributed by atoms with van der Waals surface area (Å²) in [5.74, 6) is -0.933. The van der Waals surface area contributed by atoms with E-state index >= 15 is 0 Å². The number of benzene rings is 1. The largest absolute Gasteiger partial charge is 0.573 e. The van der Waals surface area contributed by atoms with Gasteiger partial charge in [0.05, 0.1) is 6.04 Å². The van der Waals surface area contributed by atoms with Crippen LogP contribution in [-0.4, -0.2) is 18.3 Å². The van der Waals surface area contributed by atoms with Crippen molar-refractivity contribution in [1.29, 1.82) is 0 Å². The van der Waals surface area contributed by atoms with E-state index in [1.165, 1.54) is 12.1 Å². The Labute approximate surface area is 120 Å². The summed E-state index contributed by atoms with van der Waals surface area (Å²) in [7, 11) is 0. The molecule has 0 spiro atoms. The third-order valence-electron chi connectivity index (χ3n) is 2.36. The molecule has 0 aliphatic carbocycles. The molecule has 0 saturated carbocycles. The van der Waals surface area contributed by atoms with Crippen molar-refractivity contribution in [2.24, 2.45) is 11.7 Å². The molecule has 0 fully saturated rings. The van der Waals surface area contributed by atoms with Gasteiger partial charge in [0.15, 0.2) is 0 Å². The Morgan fingerprint density at radius 3 is 2.45 bits per heavy atom. The quantitative estimate of drug-likeness (QED) is 0.898. The number of anilines is 1. The summed E-state index contributed by atoms with van der Waals surface area (Å²) in [5, 5.41) is 2.44. The number of carbonyl (C=O) groups excluding carboxylic acids is 1. The van der Waals surface area contributed by atoms with Crippen molar-refractivity contribution in [2.75, 3.05) is 5.32 Å². The molecule has 114 valence electrons. The minimum Gasteiger partial charge on any atom is -0.406 e. The maximum absolute atomic E-state index is 12.0. The number of hydrogen-bond acceptors (Lipinski definition) is 3. The highest BCUT2D eigenvalue weighted by Gasteiger charge is 2.31. The molecule has 1 rings (SSSR count). The fourth-order valence-corrected chi connectivity index (χ4v) is 1.30. The van der Waals surface area contributed by atoms with E-state index in [4.69, 9.17) is 5.73 Å². The van der Waals surface area contributed by atoms with E-state index in [2.05, 4.69) is 10.1 Å². The summed E-state index contributed by atoms with van der Waals surface area (Å²) in [6.45, 7) is 3.54. The molecule has 1 aromatic rings. The van der Waals surface area contributed by atoms with Crippen molar-refractivity contribution in [2.45, 2.75) is 26.3 Å². The number of rotatable bonds is 4. The summed E-state index contributed by atoms with van der Waals surface area (Å²) in [4.78, 5) is 11.7. The molecule has 20 heavy (non-hydrogen) atoms. The molecule has 0 heterocycles. The molecule has 8 heteroatoms. The minimum atomic E-state index is -4.77. The molecule has 1 amide bonds. The van der Waals surface area contributed by atoms with Crippen molar-refractivity contribution in [3.63, 3.8) is 0 Å². The van der Waals surface area contributed by atoms with E-state index in [1.807, 2.05) is 0 Å². The first kappa shape index (κ1) is 18.5. The van der Waals surface area contributed by atoms with Crippen LogP contribution < -0.4 is 15.8 Å². The number of hydrogen-bond donors (Lipinski definition) is 2. The summed E-state index contributed by atoms with van der Waals surface area (Å²) >= 11 is 0. The van der Waals surface area contributed by atoms with Gasteiger partial charge in [-0.2, -0.15) is 0 Å². The Morgan fingerprint density at radius 1 is 1.35 bits per heavy atom. The molecular formula is C12H16ClF3N2O2. The zero-order chi connectivity index (χ0) is 14.6. The van der Waals surface area contributed by atoms with Crippen LogP contribution in [0.25, 0.3) is 0 Å². The van der Waals surface area contributed by atoms with Crippen molar-refractivity contribution >= 4 is 24.0 Å². The van der Waals surface area contributed by atoms with Gasteiger partial charge in [0.25, 0.3) is 0 Å². The van der Waals surface area contributed by atoms with Crippen LogP contribution in [0, 0.1) is 5.92 Å². The number of carbonyl (C=O) groups is 1. The molecule has 1 atom stereocenters. The number of nitrogens with two attached hydrogens (primary N) is 1. The molecule has 0 unspecified atom stereocenters. The van der Waals surface area contributed by atoms with Crippen LogP contribution in [0.15, 0.2) is 24.3 Å². The van der Waals surface area contributed by atoms with Gasteiger partial charge in [-0.25, -0.2) is 0 Å². The molecule has 1 aromatic carbocycles. The first-order valence-electron chi connectivity index (χ1n) is 5.61. The highest BCUT2D eigenvalue weighted by atomic mass is 35.5. The highest BCUT2D eigenvalue weighted by molar-refractivity contribution is 5.94. The lowest BCUT2D eigenvalue weighted by Crippen LogP contribution is -2.39. The Bertz CT molecular complexity index is 453. The lowest BCUT2D eigenvalue weighted by molar-refractivity contribution is -0.274. The predicted octanol–water partition coefficient (Wildman–Crippen LogP) is 2.93. The monoisotopic (exact) mass is 312 g/mol. The second-order valence-electron chi connectivity index (χ2n) is 4.33. The SMILES string of the molecule is CC(C)[C@@H](N)C(=O)Nc1cccc(OC(F)(F)F)c1.Cl. The number of amides is 1.